The Bertz CT molecular complexity index is 959. The van der Waals surface area contributed by atoms with E-state index in [2.05, 4.69) is 10.3 Å². The van der Waals surface area contributed by atoms with Gasteiger partial charge in [-0.2, -0.15) is 0 Å². The third-order valence-corrected chi connectivity index (χ3v) is 4.40. The molecule has 1 aliphatic rings. The van der Waals surface area contributed by atoms with Gasteiger partial charge in [0.15, 0.2) is 0 Å². The van der Waals surface area contributed by atoms with E-state index in [0.29, 0.717) is 18.7 Å². The topological polar surface area (TPSA) is 64.4 Å². The molecule has 0 spiro atoms. The molecule has 3 aromatic rings. The van der Waals surface area contributed by atoms with Crippen molar-refractivity contribution < 1.29 is 13.9 Å². The Labute approximate surface area is 145 Å². The van der Waals surface area contributed by atoms with Gasteiger partial charge in [0.05, 0.1) is 0 Å². The average molecular weight is 334 g/mol. The lowest BCUT2D eigenvalue weighted by Crippen LogP contribution is -2.23. The molecule has 3 heterocycles. The fourth-order valence-corrected chi connectivity index (χ4v) is 3.10. The highest BCUT2D eigenvalue weighted by Gasteiger charge is 2.19. The predicted octanol–water partition coefficient (Wildman–Crippen LogP) is 3.78. The molecular formula is C20H18N2O3. The van der Waals surface area contributed by atoms with E-state index in [1.807, 2.05) is 44.3 Å². The zero-order valence-corrected chi connectivity index (χ0v) is 14.1. The molecule has 0 atom stereocenters. The van der Waals surface area contributed by atoms with Crippen molar-refractivity contribution in [1.29, 1.82) is 0 Å². The largest absolute Gasteiger partial charge is 0.488 e. The number of ether oxygens (including phenoxy) is 1. The van der Waals surface area contributed by atoms with Crippen molar-refractivity contribution in [3.05, 3.63) is 70.9 Å². The molecule has 0 bridgehead atoms. The van der Waals surface area contributed by atoms with Crippen LogP contribution in [0.25, 0.3) is 11.1 Å². The zero-order valence-electron chi connectivity index (χ0n) is 14.1. The fraction of sp³-hybridized carbons (Fsp3) is 0.200. The molecule has 0 unspecified atom stereocenters. The van der Waals surface area contributed by atoms with Crippen LogP contribution in [0.15, 0.2) is 47.1 Å². The van der Waals surface area contributed by atoms with Gasteiger partial charge in [-0.25, -0.2) is 0 Å². The molecule has 4 rings (SSSR count). The summed E-state index contributed by atoms with van der Waals surface area (Å²) in [7, 11) is 0. The number of nitrogens with zero attached hydrogens (tertiary/aromatic N) is 1. The number of pyridine rings is 1. The summed E-state index contributed by atoms with van der Waals surface area (Å²) in [5, 5.41) is 2.93. The molecule has 5 heteroatoms. The highest BCUT2D eigenvalue weighted by molar-refractivity contribution is 5.95. The van der Waals surface area contributed by atoms with Gasteiger partial charge in [0, 0.05) is 41.2 Å². The minimum absolute atomic E-state index is 0.134. The number of hydrogen-bond donors (Lipinski definition) is 1. The number of nitrogens with one attached hydrogen (secondary N) is 1. The van der Waals surface area contributed by atoms with Crippen LogP contribution in [0.3, 0.4) is 0 Å². The lowest BCUT2D eigenvalue weighted by atomic mass is 9.97. The highest BCUT2D eigenvalue weighted by atomic mass is 16.5. The molecule has 1 aliphatic heterocycles. The maximum absolute atomic E-state index is 12.5. The summed E-state index contributed by atoms with van der Waals surface area (Å²) >= 11 is 0. The first kappa shape index (κ1) is 15.4. The van der Waals surface area contributed by atoms with E-state index in [1.165, 1.54) is 0 Å². The van der Waals surface area contributed by atoms with Gasteiger partial charge < -0.3 is 14.5 Å². The van der Waals surface area contributed by atoms with Gasteiger partial charge in [0.2, 0.25) is 0 Å². The smallest absolute Gasteiger partial charge is 0.251 e. The van der Waals surface area contributed by atoms with Gasteiger partial charge in [-0.3, -0.25) is 9.78 Å². The highest BCUT2D eigenvalue weighted by Crippen LogP contribution is 2.37. The summed E-state index contributed by atoms with van der Waals surface area (Å²) in [6.07, 6.45) is 3.58. The van der Waals surface area contributed by atoms with Crippen LogP contribution in [-0.4, -0.2) is 10.9 Å². The normalized spacial score (nSPS) is 12.1. The standard InChI is InChI=1S/C20H18N2O3/c1-12-7-15(13(2)25-12)10-22-20(23)14-3-4-18-17-5-6-21-9-16(17)11-24-19(18)8-14/h3-9H,10-11H2,1-2H3,(H,22,23). The maximum Gasteiger partial charge on any atom is 0.251 e. The number of rotatable bonds is 3. The summed E-state index contributed by atoms with van der Waals surface area (Å²) < 4.78 is 11.3. The van der Waals surface area contributed by atoms with Crippen molar-refractivity contribution in [2.24, 2.45) is 0 Å². The number of amides is 1. The Morgan fingerprint density at radius 2 is 2.08 bits per heavy atom. The number of aromatic nitrogens is 1. The molecule has 5 nitrogen and oxygen atoms in total. The Kier molecular flexibility index (Phi) is 3.76. The van der Waals surface area contributed by atoms with Gasteiger partial charge in [0.1, 0.15) is 23.9 Å². The van der Waals surface area contributed by atoms with Crippen molar-refractivity contribution in [1.82, 2.24) is 10.3 Å². The van der Waals surface area contributed by atoms with Gasteiger partial charge in [-0.1, -0.05) is 0 Å². The third kappa shape index (κ3) is 2.89. The van der Waals surface area contributed by atoms with E-state index >= 15 is 0 Å². The van der Waals surface area contributed by atoms with Crippen LogP contribution in [0.1, 0.15) is 33.0 Å². The second kappa shape index (κ2) is 6.09. The molecule has 1 aromatic carbocycles. The number of carbonyl (C=O) groups excluding carboxylic acids is 1. The second-order valence-corrected chi connectivity index (χ2v) is 6.15. The van der Waals surface area contributed by atoms with Crippen molar-refractivity contribution in [2.45, 2.75) is 27.0 Å². The average Bonchev–Trinajstić information content (AvgIpc) is 2.96. The first-order chi connectivity index (χ1) is 12.1. The number of carbonyl (C=O) groups is 1. The Morgan fingerprint density at radius 3 is 2.88 bits per heavy atom. The molecular weight excluding hydrogens is 316 g/mol. The molecule has 0 aliphatic carbocycles. The van der Waals surface area contributed by atoms with Gasteiger partial charge in [-0.05, 0) is 49.7 Å². The van der Waals surface area contributed by atoms with Gasteiger partial charge >= 0.3 is 0 Å². The minimum Gasteiger partial charge on any atom is -0.488 e. The number of hydrogen-bond acceptors (Lipinski definition) is 4. The fourth-order valence-electron chi connectivity index (χ4n) is 3.10. The van der Waals surface area contributed by atoms with Crippen LogP contribution in [0.5, 0.6) is 5.75 Å². The number of furan rings is 1. The van der Waals surface area contributed by atoms with E-state index < -0.39 is 0 Å². The molecule has 0 radical (unpaired) electrons. The van der Waals surface area contributed by atoms with Crippen LogP contribution in [0.4, 0.5) is 0 Å². The van der Waals surface area contributed by atoms with Crippen molar-refractivity contribution in [3.63, 3.8) is 0 Å². The SMILES string of the molecule is Cc1cc(CNC(=O)c2ccc3c(c2)OCc2cnccc2-3)c(C)o1. The van der Waals surface area contributed by atoms with E-state index in [4.69, 9.17) is 9.15 Å². The van der Waals surface area contributed by atoms with Crippen molar-refractivity contribution in [2.75, 3.05) is 0 Å². The lowest BCUT2D eigenvalue weighted by molar-refractivity contribution is 0.0950. The van der Waals surface area contributed by atoms with E-state index in [0.717, 1.165) is 39.5 Å². The quantitative estimate of drug-likeness (QED) is 0.792. The Balaban J connectivity index is 1.54. The van der Waals surface area contributed by atoms with E-state index in [9.17, 15) is 4.79 Å². The molecule has 1 N–H and O–H groups in total. The van der Waals surface area contributed by atoms with E-state index in [1.54, 1.807) is 12.3 Å². The number of fused-ring (bicyclic) bond motifs is 3. The molecule has 25 heavy (non-hydrogen) atoms. The van der Waals surface area contributed by atoms with Gasteiger partial charge in [-0.15, -0.1) is 0 Å². The molecule has 2 aromatic heterocycles. The van der Waals surface area contributed by atoms with Gasteiger partial charge in [0.25, 0.3) is 5.91 Å². The minimum atomic E-state index is -0.134. The van der Waals surface area contributed by atoms with Crippen LogP contribution in [0.2, 0.25) is 0 Å². The maximum atomic E-state index is 12.5. The first-order valence-electron chi connectivity index (χ1n) is 8.16. The Morgan fingerprint density at radius 1 is 1.20 bits per heavy atom. The summed E-state index contributed by atoms with van der Waals surface area (Å²) in [5.74, 6) is 2.26. The van der Waals surface area contributed by atoms with Crippen LogP contribution in [0, 0.1) is 13.8 Å². The molecule has 126 valence electrons. The van der Waals surface area contributed by atoms with E-state index in [-0.39, 0.29) is 5.91 Å². The van der Waals surface area contributed by atoms with Crippen LogP contribution < -0.4 is 10.1 Å². The predicted molar refractivity (Wildman–Crippen MR) is 93.4 cm³/mol. The van der Waals surface area contributed by atoms with Crippen molar-refractivity contribution >= 4 is 5.91 Å². The van der Waals surface area contributed by atoms with Crippen LogP contribution in [-0.2, 0) is 13.2 Å². The summed E-state index contributed by atoms with van der Waals surface area (Å²) in [6, 6.07) is 9.45. The molecule has 0 fully saturated rings. The third-order valence-electron chi connectivity index (χ3n) is 4.40. The molecule has 1 amide bonds. The molecule has 0 saturated carbocycles. The number of aryl methyl sites for hydroxylation is 2. The number of benzene rings is 1. The monoisotopic (exact) mass is 334 g/mol. The summed E-state index contributed by atoms with van der Waals surface area (Å²) in [5.41, 5.74) is 4.71. The summed E-state index contributed by atoms with van der Waals surface area (Å²) in [4.78, 5) is 16.6. The van der Waals surface area contributed by atoms with Crippen molar-refractivity contribution in [3.8, 4) is 16.9 Å². The first-order valence-corrected chi connectivity index (χ1v) is 8.16. The second-order valence-electron chi connectivity index (χ2n) is 6.15. The zero-order chi connectivity index (χ0) is 17.4. The summed E-state index contributed by atoms with van der Waals surface area (Å²) in [6.45, 7) is 4.70. The lowest BCUT2D eigenvalue weighted by Gasteiger charge is -2.20. The van der Waals surface area contributed by atoms with Crippen LogP contribution >= 0.6 is 0 Å². The Hall–Kier alpha value is -3.08. The molecule has 0 saturated heterocycles.